The molecule has 4 aromatic rings. The largest absolute Gasteiger partial charge is 0.433 e. The second-order valence-electron chi connectivity index (χ2n) is 5.66. The molecule has 1 heterocycles. The molecular formula is C22H17IO2S. The molecule has 0 radical (unpaired) electrons. The predicted octanol–water partition coefficient (Wildman–Crippen LogP) is 7.15. The highest BCUT2D eigenvalue weighted by molar-refractivity contribution is 14.1. The fourth-order valence-corrected chi connectivity index (χ4v) is 5.39. The van der Waals surface area contributed by atoms with Crippen molar-refractivity contribution in [2.45, 2.75) is 14.7 Å². The topological polar surface area (TPSA) is 22.4 Å². The minimum Gasteiger partial charge on any atom is -0.433 e. The molecule has 1 aromatic heterocycles. The van der Waals surface area contributed by atoms with Gasteiger partial charge in [-0.15, -0.1) is 0 Å². The summed E-state index contributed by atoms with van der Waals surface area (Å²) in [4.78, 5) is 3.96. The summed E-state index contributed by atoms with van der Waals surface area (Å²) in [6, 6.07) is 31.5. The Hall–Kier alpha value is -2.18. The van der Waals surface area contributed by atoms with Crippen molar-refractivity contribution in [1.82, 2.24) is 0 Å². The third kappa shape index (κ3) is 3.81. The molecule has 0 aliphatic heterocycles. The molecule has 0 atom stereocenters. The van der Waals surface area contributed by atoms with E-state index in [0.29, 0.717) is 5.95 Å². The number of ether oxygens (including phenoxy) is 1. The molecule has 0 fully saturated rings. The first-order valence-corrected chi connectivity index (χ1v) is 10.6. The summed E-state index contributed by atoms with van der Waals surface area (Å²) in [6.45, 7) is 0. The molecule has 130 valence electrons. The minimum absolute atomic E-state index is 0.534. The van der Waals surface area contributed by atoms with Gasteiger partial charge >= 0.3 is 5.95 Å². The van der Waals surface area contributed by atoms with E-state index >= 15 is 0 Å². The highest BCUT2D eigenvalue weighted by atomic mass is 127. The highest BCUT2D eigenvalue weighted by Gasteiger charge is 2.13. The summed E-state index contributed by atoms with van der Waals surface area (Å²) in [6.07, 6.45) is 1.63. The van der Waals surface area contributed by atoms with E-state index in [2.05, 4.69) is 95.4 Å². The normalized spacial score (nSPS) is 11.2. The lowest BCUT2D eigenvalue weighted by Gasteiger charge is -2.23. The first-order chi connectivity index (χ1) is 12.8. The molecule has 4 heteroatoms. The lowest BCUT2D eigenvalue weighted by Crippen LogP contribution is -1.89. The van der Waals surface area contributed by atoms with Crippen LogP contribution in [0.25, 0.3) is 0 Å². The van der Waals surface area contributed by atoms with E-state index in [1.165, 1.54) is 14.7 Å². The zero-order valence-corrected chi connectivity index (χ0v) is 16.9. The smallest absolute Gasteiger partial charge is 0.303 e. The molecule has 0 saturated carbocycles. The average molecular weight is 472 g/mol. The van der Waals surface area contributed by atoms with Gasteiger partial charge < -0.3 is 9.15 Å². The van der Waals surface area contributed by atoms with Gasteiger partial charge in [-0.25, -0.2) is 0 Å². The number of hydrogen-bond acceptors (Lipinski definition) is 2. The van der Waals surface area contributed by atoms with Crippen LogP contribution < -0.4 is 4.74 Å². The molecule has 0 aliphatic carbocycles. The van der Waals surface area contributed by atoms with Crippen molar-refractivity contribution in [3.63, 3.8) is 0 Å². The first kappa shape index (κ1) is 17.2. The lowest BCUT2D eigenvalue weighted by molar-refractivity contribution is 0.343. The van der Waals surface area contributed by atoms with Crippen LogP contribution in [0.1, 0.15) is 0 Å². The van der Waals surface area contributed by atoms with Crippen LogP contribution in [0.2, 0.25) is 0 Å². The standard InChI is InChI=1S/C22H17IO2S/c23-21-15-16-24-22(21)25-17-11-13-20(14-12-17)26(18-7-3-1-4-8-18)19-9-5-2-6-10-19/h1-16,26H. The van der Waals surface area contributed by atoms with Gasteiger partial charge in [0.05, 0.1) is 9.83 Å². The van der Waals surface area contributed by atoms with Gasteiger partial charge in [-0.1, -0.05) is 36.4 Å². The lowest BCUT2D eigenvalue weighted by atomic mass is 10.3. The summed E-state index contributed by atoms with van der Waals surface area (Å²) in [7, 11) is -0.595. The van der Waals surface area contributed by atoms with Crippen LogP contribution in [0.15, 0.2) is 116 Å². The Labute approximate surface area is 169 Å². The van der Waals surface area contributed by atoms with Crippen molar-refractivity contribution in [1.29, 1.82) is 0 Å². The predicted molar refractivity (Wildman–Crippen MR) is 115 cm³/mol. The van der Waals surface area contributed by atoms with E-state index in [9.17, 15) is 0 Å². The molecule has 2 nitrogen and oxygen atoms in total. The van der Waals surface area contributed by atoms with E-state index in [1.807, 2.05) is 18.2 Å². The zero-order chi connectivity index (χ0) is 17.8. The Balaban J connectivity index is 1.67. The van der Waals surface area contributed by atoms with Gasteiger partial charge in [-0.05, 0) is 91.9 Å². The van der Waals surface area contributed by atoms with Gasteiger partial charge in [0.2, 0.25) is 0 Å². The van der Waals surface area contributed by atoms with Crippen molar-refractivity contribution < 1.29 is 9.15 Å². The summed E-state index contributed by atoms with van der Waals surface area (Å²) in [5.74, 6) is 1.31. The van der Waals surface area contributed by atoms with Crippen molar-refractivity contribution >= 4 is 33.5 Å². The molecule has 0 unspecified atom stereocenters. The maximum absolute atomic E-state index is 5.83. The SMILES string of the molecule is Ic1ccoc1Oc1ccc([SH](c2ccccc2)c2ccccc2)cc1. The Morgan fingerprint density at radius 1 is 0.654 bits per heavy atom. The minimum atomic E-state index is -0.595. The Morgan fingerprint density at radius 3 is 1.69 bits per heavy atom. The van der Waals surface area contributed by atoms with E-state index < -0.39 is 10.9 Å². The Bertz CT molecular complexity index is 926. The molecule has 0 N–H and O–H groups in total. The van der Waals surface area contributed by atoms with E-state index in [4.69, 9.17) is 9.15 Å². The number of furan rings is 1. The van der Waals surface area contributed by atoms with Crippen LogP contribution in [0, 0.1) is 3.57 Å². The fraction of sp³-hybridized carbons (Fsp3) is 0. The number of benzene rings is 3. The van der Waals surface area contributed by atoms with Crippen LogP contribution in [-0.4, -0.2) is 0 Å². The molecule has 4 rings (SSSR count). The number of rotatable bonds is 5. The van der Waals surface area contributed by atoms with E-state index in [-0.39, 0.29) is 0 Å². The van der Waals surface area contributed by atoms with E-state index in [1.54, 1.807) is 6.26 Å². The van der Waals surface area contributed by atoms with Gasteiger partial charge in [0.15, 0.2) is 0 Å². The molecule has 0 bridgehead atoms. The molecular weight excluding hydrogens is 455 g/mol. The Morgan fingerprint density at radius 2 is 1.19 bits per heavy atom. The molecule has 26 heavy (non-hydrogen) atoms. The third-order valence-corrected chi connectivity index (χ3v) is 7.16. The van der Waals surface area contributed by atoms with E-state index in [0.717, 1.165) is 9.32 Å². The third-order valence-electron chi connectivity index (χ3n) is 3.92. The van der Waals surface area contributed by atoms with Gasteiger partial charge in [-0.2, -0.15) is 10.9 Å². The van der Waals surface area contributed by atoms with Gasteiger partial charge in [0.25, 0.3) is 0 Å². The molecule has 0 spiro atoms. The van der Waals surface area contributed by atoms with Crippen LogP contribution in [0.3, 0.4) is 0 Å². The first-order valence-electron chi connectivity index (χ1n) is 8.22. The summed E-state index contributed by atoms with van der Waals surface area (Å²) >= 11 is 2.20. The number of halogens is 1. The highest BCUT2D eigenvalue weighted by Crippen LogP contribution is 2.51. The van der Waals surface area contributed by atoms with Gasteiger partial charge in [0.1, 0.15) is 5.75 Å². The van der Waals surface area contributed by atoms with Crippen LogP contribution in [-0.2, 0) is 0 Å². The quantitative estimate of drug-likeness (QED) is 0.246. The van der Waals surface area contributed by atoms with Gasteiger partial charge in [0, 0.05) is 0 Å². The van der Waals surface area contributed by atoms with Crippen LogP contribution in [0.4, 0.5) is 0 Å². The monoisotopic (exact) mass is 472 g/mol. The maximum Gasteiger partial charge on any atom is 0.303 e. The molecule has 0 aliphatic rings. The second-order valence-corrected chi connectivity index (χ2v) is 9.04. The zero-order valence-electron chi connectivity index (χ0n) is 13.9. The van der Waals surface area contributed by atoms with Gasteiger partial charge in [-0.3, -0.25) is 0 Å². The number of hydrogen-bond donors (Lipinski definition) is 1. The van der Waals surface area contributed by atoms with Crippen LogP contribution in [0.5, 0.6) is 11.7 Å². The van der Waals surface area contributed by atoms with Crippen molar-refractivity contribution in [3.05, 3.63) is 101 Å². The Kier molecular flexibility index (Phi) is 5.32. The fourth-order valence-electron chi connectivity index (χ4n) is 2.72. The molecule has 3 aromatic carbocycles. The summed E-state index contributed by atoms with van der Waals surface area (Å²) in [5.41, 5.74) is 0. The van der Waals surface area contributed by atoms with Crippen molar-refractivity contribution in [2.24, 2.45) is 0 Å². The average Bonchev–Trinajstić information content (AvgIpc) is 3.10. The van der Waals surface area contributed by atoms with Crippen molar-refractivity contribution in [3.8, 4) is 11.7 Å². The number of thiol groups is 1. The molecule has 0 amide bonds. The summed E-state index contributed by atoms with van der Waals surface area (Å²) in [5, 5.41) is 0. The maximum atomic E-state index is 5.83. The van der Waals surface area contributed by atoms with Crippen molar-refractivity contribution in [2.75, 3.05) is 0 Å². The van der Waals surface area contributed by atoms with Crippen LogP contribution >= 0.6 is 33.5 Å². The second kappa shape index (κ2) is 8.01. The summed E-state index contributed by atoms with van der Waals surface area (Å²) < 4.78 is 12.1. The molecule has 0 saturated heterocycles.